The molecular formula is C15H29Cl2N3O. The summed E-state index contributed by atoms with van der Waals surface area (Å²) in [5, 5.41) is 3.35. The highest BCUT2D eigenvalue weighted by atomic mass is 35.5. The Balaban J connectivity index is 0.00000110. The Labute approximate surface area is 140 Å². The number of fused-ring (bicyclic) bond motifs is 1. The van der Waals surface area contributed by atoms with E-state index in [1.807, 2.05) is 0 Å². The molecule has 0 spiro atoms. The molecule has 0 radical (unpaired) electrons. The molecule has 2 aliphatic heterocycles. The first-order valence-corrected chi connectivity index (χ1v) is 8.04. The second-order valence-electron chi connectivity index (χ2n) is 6.54. The fourth-order valence-electron chi connectivity index (χ4n) is 4.37. The summed E-state index contributed by atoms with van der Waals surface area (Å²) in [5.41, 5.74) is 5.79. The fourth-order valence-corrected chi connectivity index (χ4v) is 4.37. The molecule has 1 aliphatic carbocycles. The van der Waals surface area contributed by atoms with Gasteiger partial charge in [0, 0.05) is 24.5 Å². The molecule has 2 saturated heterocycles. The molecule has 21 heavy (non-hydrogen) atoms. The van der Waals surface area contributed by atoms with Crippen molar-refractivity contribution in [2.45, 2.75) is 57.0 Å². The van der Waals surface area contributed by atoms with Crippen LogP contribution in [0.5, 0.6) is 0 Å². The predicted molar refractivity (Wildman–Crippen MR) is 90.1 cm³/mol. The van der Waals surface area contributed by atoms with Gasteiger partial charge in [0.15, 0.2) is 0 Å². The summed E-state index contributed by atoms with van der Waals surface area (Å²) in [5.74, 6) is 0.886. The highest BCUT2D eigenvalue weighted by Crippen LogP contribution is 2.32. The minimum Gasteiger partial charge on any atom is -0.351 e. The summed E-state index contributed by atoms with van der Waals surface area (Å²) >= 11 is 0. The van der Waals surface area contributed by atoms with Gasteiger partial charge in [-0.05, 0) is 51.1 Å². The molecule has 1 saturated carbocycles. The Morgan fingerprint density at radius 2 is 1.86 bits per heavy atom. The van der Waals surface area contributed by atoms with E-state index < -0.39 is 0 Å². The van der Waals surface area contributed by atoms with Crippen LogP contribution in [0.25, 0.3) is 0 Å². The van der Waals surface area contributed by atoms with E-state index in [0.29, 0.717) is 24.5 Å². The number of halogens is 2. The van der Waals surface area contributed by atoms with Crippen LogP contribution in [0, 0.1) is 11.8 Å². The standard InChI is InChI=1S/C15H27N3O.2ClH/c16-10-11-4-3-5-12(11)15(19)17-13-7-9-18-8-2-1-6-14(13)18;;/h11-14H,1-10,16H2,(H,17,19);2*1H/t11-,12-,13?,14?;;/m1../s1. The lowest BCUT2D eigenvalue weighted by Gasteiger charge is -2.33. The zero-order valence-corrected chi connectivity index (χ0v) is 14.3. The van der Waals surface area contributed by atoms with Crippen LogP contribution >= 0.6 is 24.8 Å². The smallest absolute Gasteiger partial charge is 0.223 e. The zero-order chi connectivity index (χ0) is 13.2. The van der Waals surface area contributed by atoms with Crippen LogP contribution in [-0.2, 0) is 4.79 Å². The third-order valence-electron chi connectivity index (χ3n) is 5.48. The molecule has 3 rings (SSSR count). The van der Waals surface area contributed by atoms with Crippen molar-refractivity contribution in [3.05, 3.63) is 0 Å². The number of carbonyl (C=O) groups excluding carboxylic acids is 1. The van der Waals surface area contributed by atoms with Crippen LogP contribution in [0.15, 0.2) is 0 Å². The van der Waals surface area contributed by atoms with E-state index in [4.69, 9.17) is 5.73 Å². The fraction of sp³-hybridized carbons (Fsp3) is 0.933. The molecule has 3 fully saturated rings. The maximum Gasteiger partial charge on any atom is 0.223 e. The Bertz CT molecular complexity index is 343. The SMILES string of the molecule is Cl.Cl.NC[C@H]1CCC[C@H]1C(=O)NC1CCN2CCCCC12. The minimum atomic E-state index is 0. The predicted octanol–water partition coefficient (Wildman–Crippen LogP) is 1.95. The number of nitrogens with one attached hydrogen (secondary N) is 1. The van der Waals surface area contributed by atoms with Gasteiger partial charge in [0.2, 0.25) is 5.91 Å². The number of rotatable bonds is 3. The maximum absolute atomic E-state index is 12.5. The molecule has 1 amide bonds. The van der Waals surface area contributed by atoms with Gasteiger partial charge < -0.3 is 11.1 Å². The molecule has 4 nitrogen and oxygen atoms in total. The lowest BCUT2D eigenvalue weighted by atomic mass is 9.93. The molecule has 0 aromatic heterocycles. The van der Waals surface area contributed by atoms with Gasteiger partial charge in [-0.2, -0.15) is 0 Å². The highest BCUT2D eigenvalue weighted by molar-refractivity contribution is 5.85. The van der Waals surface area contributed by atoms with Crippen molar-refractivity contribution >= 4 is 30.7 Å². The molecule has 0 bridgehead atoms. The van der Waals surface area contributed by atoms with Crippen molar-refractivity contribution in [2.24, 2.45) is 17.6 Å². The zero-order valence-electron chi connectivity index (χ0n) is 12.6. The Morgan fingerprint density at radius 3 is 2.62 bits per heavy atom. The van der Waals surface area contributed by atoms with Crippen molar-refractivity contribution in [2.75, 3.05) is 19.6 Å². The van der Waals surface area contributed by atoms with Gasteiger partial charge in [0.1, 0.15) is 0 Å². The van der Waals surface area contributed by atoms with Crippen LogP contribution in [0.4, 0.5) is 0 Å². The van der Waals surface area contributed by atoms with Crippen LogP contribution in [0.3, 0.4) is 0 Å². The van der Waals surface area contributed by atoms with E-state index in [0.717, 1.165) is 19.3 Å². The third-order valence-corrected chi connectivity index (χ3v) is 5.48. The van der Waals surface area contributed by atoms with Crippen molar-refractivity contribution < 1.29 is 4.79 Å². The van der Waals surface area contributed by atoms with Crippen LogP contribution in [0.1, 0.15) is 44.9 Å². The molecule has 124 valence electrons. The summed E-state index contributed by atoms with van der Waals surface area (Å²) in [6, 6.07) is 1.00. The normalized spacial score (nSPS) is 35.5. The van der Waals surface area contributed by atoms with Crippen molar-refractivity contribution in [3.8, 4) is 0 Å². The van der Waals surface area contributed by atoms with Crippen molar-refractivity contribution in [3.63, 3.8) is 0 Å². The van der Waals surface area contributed by atoms with E-state index in [1.165, 1.54) is 38.8 Å². The Hall–Kier alpha value is -0.0300. The Morgan fingerprint density at radius 1 is 1.05 bits per heavy atom. The van der Waals surface area contributed by atoms with Gasteiger partial charge in [-0.25, -0.2) is 0 Å². The second kappa shape index (κ2) is 8.56. The quantitative estimate of drug-likeness (QED) is 0.827. The molecular weight excluding hydrogens is 309 g/mol. The molecule has 0 aromatic carbocycles. The summed E-state index contributed by atoms with van der Waals surface area (Å²) in [7, 11) is 0. The largest absolute Gasteiger partial charge is 0.351 e. The van der Waals surface area contributed by atoms with Gasteiger partial charge >= 0.3 is 0 Å². The van der Waals surface area contributed by atoms with Gasteiger partial charge in [-0.15, -0.1) is 24.8 Å². The van der Waals surface area contributed by atoms with Gasteiger partial charge in [-0.1, -0.05) is 12.8 Å². The highest BCUT2D eigenvalue weighted by Gasteiger charge is 2.39. The maximum atomic E-state index is 12.5. The van der Waals surface area contributed by atoms with Crippen molar-refractivity contribution in [1.29, 1.82) is 0 Å². The van der Waals surface area contributed by atoms with Crippen LogP contribution in [0.2, 0.25) is 0 Å². The molecule has 3 N–H and O–H groups in total. The number of hydrogen-bond donors (Lipinski definition) is 2. The van der Waals surface area contributed by atoms with E-state index in [1.54, 1.807) is 0 Å². The first-order chi connectivity index (χ1) is 9.29. The van der Waals surface area contributed by atoms with E-state index >= 15 is 0 Å². The molecule has 0 aromatic rings. The summed E-state index contributed by atoms with van der Waals surface area (Å²) in [6.07, 6.45) is 8.38. The first-order valence-electron chi connectivity index (χ1n) is 8.04. The summed E-state index contributed by atoms with van der Waals surface area (Å²) in [6.45, 7) is 3.06. The lowest BCUT2D eigenvalue weighted by Crippen LogP contribution is -2.49. The first kappa shape index (κ1) is 19.0. The number of carbonyl (C=O) groups is 1. The summed E-state index contributed by atoms with van der Waals surface area (Å²) in [4.78, 5) is 15.0. The number of amides is 1. The van der Waals surface area contributed by atoms with Crippen LogP contribution in [-0.4, -0.2) is 42.5 Å². The molecule has 2 unspecified atom stereocenters. The number of nitrogens with zero attached hydrogens (tertiary/aromatic N) is 1. The minimum absolute atomic E-state index is 0. The third kappa shape index (κ3) is 4.04. The Kier molecular flexibility index (Phi) is 7.75. The number of nitrogens with two attached hydrogens (primary N) is 1. The number of piperidine rings is 1. The van der Waals surface area contributed by atoms with E-state index in [9.17, 15) is 4.79 Å². The van der Waals surface area contributed by atoms with Gasteiger partial charge in [0.25, 0.3) is 0 Å². The molecule has 2 heterocycles. The van der Waals surface area contributed by atoms with E-state index in [-0.39, 0.29) is 36.6 Å². The van der Waals surface area contributed by atoms with Crippen LogP contribution < -0.4 is 11.1 Å². The molecule has 3 aliphatic rings. The topological polar surface area (TPSA) is 58.4 Å². The monoisotopic (exact) mass is 337 g/mol. The molecule has 6 heteroatoms. The second-order valence-corrected chi connectivity index (χ2v) is 6.54. The number of hydrogen-bond acceptors (Lipinski definition) is 3. The molecule has 4 atom stereocenters. The van der Waals surface area contributed by atoms with Gasteiger partial charge in [0.05, 0.1) is 0 Å². The van der Waals surface area contributed by atoms with E-state index in [2.05, 4.69) is 10.2 Å². The average Bonchev–Trinajstić information content (AvgIpc) is 3.05. The van der Waals surface area contributed by atoms with Crippen molar-refractivity contribution in [1.82, 2.24) is 10.2 Å². The summed E-state index contributed by atoms with van der Waals surface area (Å²) < 4.78 is 0. The average molecular weight is 338 g/mol. The lowest BCUT2D eigenvalue weighted by molar-refractivity contribution is -0.126. The van der Waals surface area contributed by atoms with Gasteiger partial charge in [-0.3, -0.25) is 9.69 Å².